The third kappa shape index (κ3) is 2.45. The second kappa shape index (κ2) is 4.28. The maximum Gasteiger partial charge on any atom is 0.252 e. The van der Waals surface area contributed by atoms with Crippen LogP contribution in [0.1, 0.15) is 5.69 Å². The highest BCUT2D eigenvalue weighted by Crippen LogP contribution is 2.26. The smallest absolute Gasteiger partial charge is 0.229 e. The molecular weight excluding hydrogens is 244 g/mol. The molecule has 76 valence electrons. The lowest BCUT2D eigenvalue weighted by Crippen LogP contribution is -2.23. The SMILES string of the molecule is C#CCNS(=O)(=O)c1sc(Cl)nc1C. The van der Waals surface area contributed by atoms with Crippen molar-refractivity contribution in [3.63, 3.8) is 0 Å². The predicted octanol–water partition coefficient (Wildman–Crippen LogP) is 1.02. The van der Waals surface area contributed by atoms with E-state index in [4.69, 9.17) is 18.0 Å². The van der Waals surface area contributed by atoms with Crippen LogP contribution in [0, 0.1) is 19.3 Å². The summed E-state index contributed by atoms with van der Waals surface area (Å²) in [5.41, 5.74) is 0.379. The first-order valence-corrected chi connectivity index (χ1v) is 6.21. The average molecular weight is 251 g/mol. The fraction of sp³-hybridized carbons (Fsp3) is 0.286. The Morgan fingerprint density at radius 1 is 1.71 bits per heavy atom. The van der Waals surface area contributed by atoms with Gasteiger partial charge in [-0.15, -0.1) is 6.42 Å². The first kappa shape index (κ1) is 11.5. The van der Waals surface area contributed by atoms with Crippen molar-refractivity contribution in [2.45, 2.75) is 11.1 Å². The van der Waals surface area contributed by atoms with Crippen LogP contribution in [-0.2, 0) is 10.0 Å². The van der Waals surface area contributed by atoms with Crippen LogP contribution in [0.15, 0.2) is 4.21 Å². The van der Waals surface area contributed by atoms with Gasteiger partial charge in [-0.3, -0.25) is 0 Å². The number of nitrogens with one attached hydrogen (secondary N) is 1. The van der Waals surface area contributed by atoms with Crippen LogP contribution in [0.25, 0.3) is 0 Å². The molecule has 0 radical (unpaired) electrons. The van der Waals surface area contributed by atoms with E-state index in [1.54, 1.807) is 6.92 Å². The summed E-state index contributed by atoms with van der Waals surface area (Å²) in [5, 5.41) is 0. The molecule has 0 unspecified atom stereocenters. The molecule has 1 aromatic heterocycles. The molecule has 0 atom stereocenters. The average Bonchev–Trinajstić information content (AvgIpc) is 2.42. The molecule has 4 nitrogen and oxygen atoms in total. The van der Waals surface area contributed by atoms with Gasteiger partial charge in [0.2, 0.25) is 0 Å². The first-order chi connectivity index (χ1) is 6.47. The van der Waals surface area contributed by atoms with Crippen LogP contribution < -0.4 is 4.72 Å². The van der Waals surface area contributed by atoms with Gasteiger partial charge in [0.25, 0.3) is 10.0 Å². The largest absolute Gasteiger partial charge is 0.252 e. The molecule has 0 aliphatic heterocycles. The van der Waals surface area contributed by atoms with Gasteiger partial charge in [0, 0.05) is 0 Å². The van der Waals surface area contributed by atoms with E-state index in [1.807, 2.05) is 0 Å². The van der Waals surface area contributed by atoms with Crippen LogP contribution in [0.2, 0.25) is 4.47 Å². The fourth-order valence-electron chi connectivity index (χ4n) is 0.802. The number of sulfonamides is 1. The van der Waals surface area contributed by atoms with Crippen molar-refractivity contribution in [3.8, 4) is 12.3 Å². The molecule has 0 aliphatic carbocycles. The molecule has 1 heterocycles. The third-order valence-corrected chi connectivity index (χ3v) is 4.61. The van der Waals surface area contributed by atoms with Crippen molar-refractivity contribution in [1.29, 1.82) is 0 Å². The third-order valence-electron chi connectivity index (χ3n) is 1.34. The van der Waals surface area contributed by atoms with Gasteiger partial charge in [-0.2, -0.15) is 4.72 Å². The van der Waals surface area contributed by atoms with Gasteiger partial charge in [0.1, 0.15) is 0 Å². The Morgan fingerprint density at radius 2 is 2.36 bits per heavy atom. The number of aryl methyl sites for hydroxylation is 1. The Bertz CT molecular complexity index is 472. The Morgan fingerprint density at radius 3 is 2.79 bits per heavy atom. The Balaban J connectivity index is 3.05. The molecule has 14 heavy (non-hydrogen) atoms. The van der Waals surface area contributed by atoms with Crippen molar-refractivity contribution >= 4 is 33.0 Å². The maximum absolute atomic E-state index is 11.5. The van der Waals surface area contributed by atoms with Gasteiger partial charge in [-0.05, 0) is 6.92 Å². The summed E-state index contributed by atoms with van der Waals surface area (Å²) in [4.78, 5) is 3.80. The van der Waals surface area contributed by atoms with E-state index in [2.05, 4.69) is 15.6 Å². The molecule has 0 spiro atoms. The van der Waals surface area contributed by atoms with Gasteiger partial charge < -0.3 is 0 Å². The molecule has 0 aromatic carbocycles. The van der Waals surface area contributed by atoms with E-state index in [1.165, 1.54) is 0 Å². The zero-order valence-electron chi connectivity index (χ0n) is 7.24. The number of hydrogen-bond donors (Lipinski definition) is 1. The molecule has 1 N–H and O–H groups in total. The van der Waals surface area contributed by atoms with Crippen molar-refractivity contribution in [2.75, 3.05) is 6.54 Å². The summed E-state index contributed by atoms with van der Waals surface area (Å²) < 4.78 is 25.6. The molecule has 0 bridgehead atoms. The van der Waals surface area contributed by atoms with Crippen LogP contribution >= 0.6 is 22.9 Å². The highest BCUT2D eigenvalue weighted by atomic mass is 35.5. The minimum absolute atomic E-state index is 0.0444. The number of terminal acetylenes is 1. The monoisotopic (exact) mass is 250 g/mol. The lowest BCUT2D eigenvalue weighted by Gasteiger charge is -2.00. The first-order valence-electron chi connectivity index (χ1n) is 3.53. The van der Waals surface area contributed by atoms with Crippen molar-refractivity contribution < 1.29 is 8.42 Å². The van der Waals surface area contributed by atoms with Crippen molar-refractivity contribution in [1.82, 2.24) is 9.71 Å². The number of nitrogens with zero attached hydrogens (tertiary/aromatic N) is 1. The van der Waals surface area contributed by atoms with Crippen molar-refractivity contribution in [2.24, 2.45) is 0 Å². The second-order valence-corrected chi connectivity index (χ2v) is 5.91. The lowest BCUT2D eigenvalue weighted by molar-refractivity contribution is 0.587. The van der Waals surface area contributed by atoms with E-state index in [0.29, 0.717) is 5.69 Å². The zero-order chi connectivity index (χ0) is 10.8. The van der Waals surface area contributed by atoms with Crippen LogP contribution in [-0.4, -0.2) is 19.9 Å². The molecule has 0 amide bonds. The van der Waals surface area contributed by atoms with Crippen LogP contribution in [0.3, 0.4) is 0 Å². The summed E-state index contributed by atoms with van der Waals surface area (Å²) in [5.74, 6) is 2.18. The molecule has 1 aromatic rings. The Kier molecular flexibility index (Phi) is 3.50. The van der Waals surface area contributed by atoms with Gasteiger partial charge in [0.05, 0.1) is 12.2 Å². The molecule has 1 rings (SSSR count). The molecule has 0 fully saturated rings. The highest BCUT2D eigenvalue weighted by molar-refractivity contribution is 7.91. The van der Waals surface area contributed by atoms with Gasteiger partial charge in [-0.1, -0.05) is 28.9 Å². The van der Waals surface area contributed by atoms with Gasteiger partial charge >= 0.3 is 0 Å². The lowest BCUT2D eigenvalue weighted by atomic mass is 10.6. The molecular formula is C7H7ClN2O2S2. The molecule has 0 saturated heterocycles. The van der Waals surface area contributed by atoms with E-state index < -0.39 is 10.0 Å². The molecule has 0 aliphatic rings. The number of rotatable bonds is 3. The predicted molar refractivity (Wildman–Crippen MR) is 55.9 cm³/mol. The Hall–Kier alpha value is -0.610. The molecule has 7 heteroatoms. The quantitative estimate of drug-likeness (QED) is 0.815. The normalized spacial score (nSPS) is 11.2. The minimum Gasteiger partial charge on any atom is -0.229 e. The van der Waals surface area contributed by atoms with E-state index in [9.17, 15) is 8.42 Å². The minimum atomic E-state index is -3.55. The summed E-state index contributed by atoms with van der Waals surface area (Å²) in [6.45, 7) is 1.53. The van der Waals surface area contributed by atoms with E-state index in [-0.39, 0.29) is 15.2 Å². The maximum atomic E-state index is 11.5. The standard InChI is InChI=1S/C7H7ClN2O2S2/c1-3-4-9-14(11,12)6-5(2)10-7(8)13-6/h1,9H,4H2,2H3. The topological polar surface area (TPSA) is 59.1 Å². The summed E-state index contributed by atoms with van der Waals surface area (Å²) in [6.07, 6.45) is 4.94. The van der Waals surface area contributed by atoms with E-state index >= 15 is 0 Å². The van der Waals surface area contributed by atoms with Gasteiger partial charge in [-0.25, -0.2) is 13.4 Å². The van der Waals surface area contributed by atoms with Crippen LogP contribution in [0.5, 0.6) is 0 Å². The Labute approximate surface area is 91.4 Å². The molecule has 0 saturated carbocycles. The number of hydrogen-bond acceptors (Lipinski definition) is 4. The fourth-order valence-corrected chi connectivity index (χ4v) is 3.52. The van der Waals surface area contributed by atoms with E-state index in [0.717, 1.165) is 11.3 Å². The van der Waals surface area contributed by atoms with Crippen molar-refractivity contribution in [3.05, 3.63) is 10.2 Å². The summed E-state index contributed by atoms with van der Waals surface area (Å²) in [6, 6.07) is 0. The highest BCUT2D eigenvalue weighted by Gasteiger charge is 2.20. The zero-order valence-corrected chi connectivity index (χ0v) is 9.63. The van der Waals surface area contributed by atoms with Gasteiger partial charge in [0.15, 0.2) is 8.68 Å². The summed E-state index contributed by atoms with van der Waals surface area (Å²) >= 11 is 6.49. The summed E-state index contributed by atoms with van der Waals surface area (Å²) in [7, 11) is -3.55. The number of thiazole rings is 1. The number of halogens is 1. The second-order valence-electron chi connectivity index (χ2n) is 2.37. The number of aromatic nitrogens is 1. The van der Waals surface area contributed by atoms with Crippen LogP contribution in [0.4, 0.5) is 0 Å².